The van der Waals surface area contributed by atoms with E-state index in [-0.39, 0.29) is 11.3 Å². The van der Waals surface area contributed by atoms with Crippen LogP contribution in [0.1, 0.15) is 37.9 Å². The lowest BCUT2D eigenvalue weighted by Gasteiger charge is -2.38. The molecule has 0 radical (unpaired) electrons. The van der Waals surface area contributed by atoms with Gasteiger partial charge in [-0.2, -0.15) is 13.2 Å². The van der Waals surface area contributed by atoms with Crippen molar-refractivity contribution in [1.29, 1.82) is 0 Å². The number of benzene rings is 1. The van der Waals surface area contributed by atoms with Crippen molar-refractivity contribution in [3.63, 3.8) is 0 Å². The van der Waals surface area contributed by atoms with Gasteiger partial charge in [-0.3, -0.25) is 0 Å². The second-order valence-corrected chi connectivity index (χ2v) is 7.48. The van der Waals surface area contributed by atoms with Gasteiger partial charge in [0.25, 0.3) is 0 Å². The van der Waals surface area contributed by atoms with Crippen molar-refractivity contribution in [3.05, 3.63) is 59.6 Å². The molecule has 1 aromatic carbocycles. The van der Waals surface area contributed by atoms with Gasteiger partial charge in [0.05, 0.1) is 5.69 Å². The summed E-state index contributed by atoms with van der Waals surface area (Å²) >= 11 is 0. The van der Waals surface area contributed by atoms with E-state index in [1.807, 2.05) is 0 Å². The number of aliphatic hydroxyl groups is 1. The fraction of sp³-hybridized carbons (Fsp3) is 0.400. The summed E-state index contributed by atoms with van der Waals surface area (Å²) in [6.07, 6.45) is -2.38. The molecule has 2 aromatic rings. The maximum Gasteiger partial charge on any atom is 0.417 e. The number of halogens is 4. The molecule has 0 spiro atoms. The molecule has 0 aliphatic rings. The topological polar surface area (TPSA) is 78.3 Å². The minimum atomic E-state index is -4.96. The summed E-state index contributed by atoms with van der Waals surface area (Å²) in [6, 6.07) is 4.62. The van der Waals surface area contributed by atoms with E-state index in [9.17, 15) is 27.8 Å². The molecule has 0 saturated carbocycles. The lowest BCUT2D eigenvalue weighted by atomic mass is 9.73. The quantitative estimate of drug-likeness (QED) is 0.600. The highest BCUT2D eigenvalue weighted by Gasteiger charge is 2.56. The number of aromatic nitrogens is 2. The van der Waals surface area contributed by atoms with Crippen LogP contribution in [-0.2, 0) is 5.41 Å². The SMILES string of the molecule is CN/C(=C\c1ccncn1)CC(O)(CC(C)(C)c1ccc(F)cc1O)C(F)(F)F. The third-order valence-corrected chi connectivity index (χ3v) is 4.68. The van der Waals surface area contributed by atoms with Crippen molar-refractivity contribution in [3.8, 4) is 5.75 Å². The average Bonchev–Trinajstić information content (AvgIpc) is 2.60. The van der Waals surface area contributed by atoms with Crippen LogP contribution >= 0.6 is 0 Å². The number of hydrogen-bond donors (Lipinski definition) is 3. The third-order valence-electron chi connectivity index (χ3n) is 4.68. The van der Waals surface area contributed by atoms with Gasteiger partial charge in [0.1, 0.15) is 17.9 Å². The maximum atomic E-state index is 13.9. The molecule has 0 saturated heterocycles. The summed E-state index contributed by atoms with van der Waals surface area (Å²) in [7, 11) is 1.45. The van der Waals surface area contributed by atoms with E-state index in [2.05, 4.69) is 15.3 Å². The number of phenolic OH excluding ortho intramolecular Hbond substituents is 1. The largest absolute Gasteiger partial charge is 0.508 e. The molecule has 2 rings (SSSR count). The number of aromatic hydroxyl groups is 1. The summed E-state index contributed by atoms with van der Waals surface area (Å²) in [5.41, 5.74) is -3.83. The Morgan fingerprint density at radius 1 is 1.21 bits per heavy atom. The van der Waals surface area contributed by atoms with E-state index < -0.39 is 41.6 Å². The third kappa shape index (κ3) is 5.44. The summed E-state index contributed by atoms with van der Waals surface area (Å²) in [4.78, 5) is 7.69. The number of rotatable bonds is 7. The highest BCUT2D eigenvalue weighted by Crippen LogP contribution is 2.45. The van der Waals surface area contributed by atoms with Crippen LogP contribution in [0.3, 0.4) is 0 Å². The molecule has 1 heterocycles. The van der Waals surface area contributed by atoms with Crippen LogP contribution in [0.15, 0.2) is 42.5 Å². The van der Waals surface area contributed by atoms with Crippen molar-refractivity contribution in [1.82, 2.24) is 15.3 Å². The molecule has 0 aliphatic carbocycles. The van der Waals surface area contributed by atoms with E-state index in [0.717, 1.165) is 12.1 Å². The maximum absolute atomic E-state index is 13.9. The minimum absolute atomic E-state index is 0.104. The van der Waals surface area contributed by atoms with E-state index in [1.165, 1.54) is 51.6 Å². The van der Waals surface area contributed by atoms with Crippen LogP contribution in [0, 0.1) is 5.82 Å². The Labute approximate surface area is 166 Å². The van der Waals surface area contributed by atoms with Crippen molar-refractivity contribution < 1.29 is 27.8 Å². The lowest BCUT2D eigenvalue weighted by Crippen LogP contribution is -2.50. The Morgan fingerprint density at radius 3 is 2.41 bits per heavy atom. The first-order valence-corrected chi connectivity index (χ1v) is 8.80. The molecule has 158 valence electrons. The Kier molecular flexibility index (Phi) is 6.52. The predicted octanol–water partition coefficient (Wildman–Crippen LogP) is 3.93. The fourth-order valence-corrected chi connectivity index (χ4v) is 3.26. The molecule has 0 amide bonds. The van der Waals surface area contributed by atoms with Gasteiger partial charge in [0.2, 0.25) is 0 Å². The summed E-state index contributed by atoms with van der Waals surface area (Å²) in [5.74, 6) is -1.18. The van der Waals surface area contributed by atoms with Gasteiger partial charge >= 0.3 is 6.18 Å². The van der Waals surface area contributed by atoms with Gasteiger partial charge in [0.15, 0.2) is 5.60 Å². The smallest absolute Gasteiger partial charge is 0.417 e. The molecule has 0 fully saturated rings. The zero-order valence-electron chi connectivity index (χ0n) is 16.3. The molecular formula is C20H23F4N3O2. The normalized spacial score (nSPS) is 15.1. The van der Waals surface area contributed by atoms with Gasteiger partial charge in [-0.15, -0.1) is 0 Å². The van der Waals surface area contributed by atoms with Gasteiger partial charge < -0.3 is 15.5 Å². The van der Waals surface area contributed by atoms with Gasteiger partial charge in [-0.05, 0) is 35.6 Å². The first-order chi connectivity index (χ1) is 13.4. The van der Waals surface area contributed by atoms with Gasteiger partial charge in [0, 0.05) is 31.4 Å². The van der Waals surface area contributed by atoms with E-state index in [4.69, 9.17) is 0 Å². The number of hydrogen-bond acceptors (Lipinski definition) is 5. The Balaban J connectivity index is 2.40. The van der Waals surface area contributed by atoms with Crippen molar-refractivity contribution >= 4 is 6.08 Å². The fourth-order valence-electron chi connectivity index (χ4n) is 3.26. The first-order valence-electron chi connectivity index (χ1n) is 8.80. The molecule has 3 N–H and O–H groups in total. The zero-order chi connectivity index (χ0) is 21.9. The lowest BCUT2D eigenvalue weighted by molar-refractivity contribution is -0.266. The van der Waals surface area contributed by atoms with Crippen molar-refractivity contribution in [2.75, 3.05) is 7.05 Å². The van der Waals surface area contributed by atoms with Crippen LogP contribution in [0.5, 0.6) is 5.75 Å². The summed E-state index contributed by atoms with van der Waals surface area (Å²) < 4.78 is 55.0. The molecular weight excluding hydrogens is 390 g/mol. The Bertz CT molecular complexity index is 870. The first kappa shape index (κ1) is 22.6. The minimum Gasteiger partial charge on any atom is -0.508 e. The highest BCUT2D eigenvalue weighted by atomic mass is 19.4. The van der Waals surface area contributed by atoms with E-state index >= 15 is 0 Å². The van der Waals surface area contributed by atoms with Crippen LogP contribution in [0.2, 0.25) is 0 Å². The monoisotopic (exact) mass is 413 g/mol. The van der Waals surface area contributed by atoms with E-state index in [0.29, 0.717) is 5.69 Å². The van der Waals surface area contributed by atoms with Crippen LogP contribution in [0.25, 0.3) is 6.08 Å². The van der Waals surface area contributed by atoms with E-state index in [1.54, 1.807) is 0 Å². The molecule has 1 unspecified atom stereocenters. The van der Waals surface area contributed by atoms with Crippen LogP contribution < -0.4 is 5.32 Å². The number of nitrogens with zero attached hydrogens (tertiary/aromatic N) is 2. The van der Waals surface area contributed by atoms with Crippen molar-refractivity contribution in [2.24, 2.45) is 0 Å². The Hall–Kier alpha value is -2.68. The van der Waals surface area contributed by atoms with Gasteiger partial charge in [-0.25, -0.2) is 14.4 Å². The predicted molar refractivity (Wildman–Crippen MR) is 100 cm³/mol. The molecule has 1 aromatic heterocycles. The molecule has 0 aliphatic heterocycles. The second kappa shape index (κ2) is 8.36. The molecule has 9 heteroatoms. The van der Waals surface area contributed by atoms with Crippen LogP contribution in [0.4, 0.5) is 17.6 Å². The molecule has 0 bridgehead atoms. The van der Waals surface area contributed by atoms with Gasteiger partial charge in [-0.1, -0.05) is 19.9 Å². The summed E-state index contributed by atoms with van der Waals surface area (Å²) in [5, 5.41) is 23.3. The number of alkyl halides is 3. The zero-order valence-corrected chi connectivity index (χ0v) is 16.3. The molecule has 29 heavy (non-hydrogen) atoms. The standard InChI is InChI=1S/C20H23F4N3O2/c1-18(2,16-5-4-13(21)8-17(16)28)11-19(29,20(22,23)24)10-15(25-3)9-14-6-7-26-12-27-14/h4-9,12,25,28-29H,10-11H2,1-3H3/b15-9-. The number of phenols is 1. The average molecular weight is 413 g/mol. The molecule has 1 atom stereocenters. The summed E-state index contributed by atoms with van der Waals surface area (Å²) in [6.45, 7) is 2.90. The molecule has 5 nitrogen and oxygen atoms in total. The number of nitrogens with one attached hydrogen (secondary N) is 1. The van der Waals surface area contributed by atoms with Crippen LogP contribution in [-0.4, -0.2) is 39.0 Å². The second-order valence-electron chi connectivity index (χ2n) is 7.48. The Morgan fingerprint density at radius 2 is 1.90 bits per heavy atom. The highest BCUT2D eigenvalue weighted by molar-refractivity contribution is 5.48. The van der Waals surface area contributed by atoms with Crippen molar-refractivity contribution in [2.45, 2.75) is 43.9 Å².